The van der Waals surface area contributed by atoms with E-state index < -0.39 is 5.91 Å². The van der Waals surface area contributed by atoms with E-state index in [1.165, 1.54) is 23.7 Å². The fraction of sp³-hybridized carbons (Fsp3) is 0.444. The molecule has 0 aliphatic rings. The molecule has 4 nitrogen and oxygen atoms in total. The maximum Gasteiger partial charge on any atom is 0.282 e. The number of carbonyl (C=O) groups is 1. The maximum absolute atomic E-state index is 12.5. The van der Waals surface area contributed by atoms with Crippen LogP contribution < -0.4 is 4.67 Å². The van der Waals surface area contributed by atoms with Crippen LogP contribution in [0.3, 0.4) is 0 Å². The average molecular weight is 367 g/mol. The Hall–Kier alpha value is -1.59. The summed E-state index contributed by atoms with van der Waals surface area (Å²) in [5.41, 5.74) is 1.12. The maximum atomic E-state index is 12.5. The molecule has 1 heterocycles. The summed E-state index contributed by atoms with van der Waals surface area (Å²) in [6.45, 7) is 8.47. The zero-order valence-corrected chi connectivity index (χ0v) is 16.0. The number of nitrogens with zero attached hydrogens (tertiary/aromatic N) is 2. The molecule has 0 saturated heterocycles. The van der Waals surface area contributed by atoms with Gasteiger partial charge in [-0.1, -0.05) is 24.9 Å². The Bertz CT molecular complexity index is 800. The van der Waals surface area contributed by atoms with Crippen molar-refractivity contribution in [1.82, 2.24) is 3.96 Å². The minimum Gasteiger partial charge on any atom is -0.507 e. The van der Waals surface area contributed by atoms with Gasteiger partial charge in [-0.05, 0) is 63.3 Å². The molecule has 24 heavy (non-hydrogen) atoms. The Kier molecular flexibility index (Phi) is 5.88. The molecule has 1 N–H and O–H groups in total. The van der Waals surface area contributed by atoms with Crippen LogP contribution in [0.5, 0.6) is 5.75 Å². The number of rotatable bonds is 4. The zero-order chi connectivity index (χ0) is 17.9. The van der Waals surface area contributed by atoms with Crippen LogP contribution in [0.1, 0.15) is 56.5 Å². The van der Waals surface area contributed by atoms with E-state index in [9.17, 15) is 9.90 Å². The molecule has 2 rings (SSSR count). The molecular formula is C18H23ClN2O2S. The van der Waals surface area contributed by atoms with Gasteiger partial charge in [0.05, 0.1) is 5.56 Å². The van der Waals surface area contributed by atoms with Gasteiger partial charge in [0.25, 0.3) is 5.91 Å². The molecule has 1 amide bonds. The van der Waals surface area contributed by atoms with Gasteiger partial charge in [0.15, 0.2) is 0 Å². The molecule has 1 aromatic carbocycles. The van der Waals surface area contributed by atoms with Crippen molar-refractivity contribution < 1.29 is 9.90 Å². The number of phenolic OH excluding ortho intramolecular Hbond substituents is 1. The van der Waals surface area contributed by atoms with Gasteiger partial charge in [0.1, 0.15) is 10.4 Å². The molecule has 0 bridgehead atoms. The van der Waals surface area contributed by atoms with Gasteiger partial charge < -0.3 is 5.11 Å². The van der Waals surface area contributed by atoms with Gasteiger partial charge in [-0.25, -0.2) is 0 Å². The molecule has 0 aliphatic carbocycles. The lowest BCUT2D eigenvalue weighted by atomic mass is 10.1. The van der Waals surface area contributed by atoms with Crippen LogP contribution >= 0.6 is 23.1 Å². The minimum atomic E-state index is -0.476. The summed E-state index contributed by atoms with van der Waals surface area (Å²) in [5.74, 6) is -0.584. The Morgan fingerprint density at radius 3 is 2.71 bits per heavy atom. The average Bonchev–Trinajstić information content (AvgIpc) is 2.90. The third-order valence-electron chi connectivity index (χ3n) is 3.59. The summed E-state index contributed by atoms with van der Waals surface area (Å²) in [6.07, 6.45) is 5.07. The van der Waals surface area contributed by atoms with Crippen molar-refractivity contribution in [2.45, 2.75) is 52.5 Å². The third-order valence-corrected chi connectivity index (χ3v) is 5.20. The second-order valence-corrected chi connectivity index (χ2v) is 8.13. The Morgan fingerprint density at radius 1 is 1.38 bits per heavy atom. The fourth-order valence-corrected chi connectivity index (χ4v) is 3.38. The first kappa shape index (κ1) is 18.7. The number of amides is 1. The molecule has 0 saturated carbocycles. The fourth-order valence-electron chi connectivity index (χ4n) is 2.17. The molecule has 130 valence electrons. The number of unbranched alkanes of at least 4 members (excludes halogenated alkanes) is 1. The van der Waals surface area contributed by atoms with Gasteiger partial charge >= 0.3 is 0 Å². The summed E-state index contributed by atoms with van der Waals surface area (Å²) >= 11 is 7.39. The number of halogens is 1. The topological polar surface area (TPSA) is 54.6 Å². The Balaban J connectivity index is 2.48. The number of hydrogen-bond donors (Lipinski definition) is 1. The lowest BCUT2D eigenvalue weighted by Crippen LogP contribution is -2.18. The van der Waals surface area contributed by atoms with Crippen molar-refractivity contribution in [3.63, 3.8) is 0 Å². The highest BCUT2D eigenvalue weighted by Gasteiger charge is 2.17. The van der Waals surface area contributed by atoms with Gasteiger partial charge in [0.2, 0.25) is 0 Å². The van der Waals surface area contributed by atoms with Gasteiger partial charge in [-0.3, -0.25) is 8.75 Å². The zero-order valence-electron chi connectivity index (χ0n) is 14.5. The van der Waals surface area contributed by atoms with Gasteiger partial charge in [-0.2, -0.15) is 4.99 Å². The summed E-state index contributed by atoms with van der Waals surface area (Å²) in [7, 11) is 0. The Labute approximate surface area is 151 Å². The summed E-state index contributed by atoms with van der Waals surface area (Å²) in [6, 6.07) is 4.39. The van der Waals surface area contributed by atoms with Crippen molar-refractivity contribution in [2.24, 2.45) is 4.99 Å². The molecular weight excluding hydrogens is 344 g/mol. The lowest BCUT2D eigenvalue weighted by Gasteiger charge is -2.19. The van der Waals surface area contributed by atoms with Crippen LogP contribution in [0.2, 0.25) is 5.02 Å². The Morgan fingerprint density at radius 2 is 2.08 bits per heavy atom. The number of carbonyl (C=O) groups excluding carboxylic acids is 1. The van der Waals surface area contributed by atoms with Crippen molar-refractivity contribution in [3.8, 4) is 5.75 Å². The van der Waals surface area contributed by atoms with Gasteiger partial charge in [0, 0.05) is 22.3 Å². The van der Waals surface area contributed by atoms with Crippen LogP contribution in [-0.2, 0) is 12.0 Å². The van der Waals surface area contributed by atoms with Crippen molar-refractivity contribution >= 4 is 29.0 Å². The van der Waals surface area contributed by atoms with Crippen LogP contribution in [-0.4, -0.2) is 15.0 Å². The summed E-state index contributed by atoms with van der Waals surface area (Å²) < 4.78 is 2.81. The van der Waals surface area contributed by atoms with Crippen molar-refractivity contribution in [1.29, 1.82) is 0 Å². The number of aryl methyl sites for hydroxylation is 1. The first-order valence-corrected chi connectivity index (χ1v) is 9.17. The predicted octanol–water partition coefficient (Wildman–Crippen LogP) is 4.75. The summed E-state index contributed by atoms with van der Waals surface area (Å²) in [4.78, 5) is 16.7. The normalized spacial score (nSPS) is 12.6. The number of aromatic nitrogens is 1. The first-order valence-electron chi connectivity index (χ1n) is 8.02. The quantitative estimate of drug-likeness (QED) is 0.849. The van der Waals surface area contributed by atoms with Crippen molar-refractivity contribution in [2.75, 3.05) is 0 Å². The van der Waals surface area contributed by atoms with E-state index in [0.29, 0.717) is 9.69 Å². The largest absolute Gasteiger partial charge is 0.507 e. The number of phenols is 1. The number of hydrogen-bond acceptors (Lipinski definition) is 3. The van der Waals surface area contributed by atoms with E-state index in [1.807, 2.05) is 0 Å². The molecule has 0 radical (unpaired) electrons. The smallest absolute Gasteiger partial charge is 0.282 e. The van der Waals surface area contributed by atoms with E-state index >= 15 is 0 Å². The van der Waals surface area contributed by atoms with E-state index in [2.05, 4.69) is 42.8 Å². The second kappa shape index (κ2) is 7.53. The van der Waals surface area contributed by atoms with Gasteiger partial charge in [-0.15, -0.1) is 0 Å². The van der Waals surface area contributed by atoms with Crippen LogP contribution in [0.15, 0.2) is 29.4 Å². The van der Waals surface area contributed by atoms with E-state index in [4.69, 9.17) is 11.6 Å². The SMILES string of the molecule is CCCCc1cn(C(C)(C)C)sc1=NC(=O)c1cc(Cl)ccc1O. The molecule has 0 unspecified atom stereocenters. The molecule has 0 fully saturated rings. The number of benzene rings is 1. The highest BCUT2D eigenvalue weighted by Crippen LogP contribution is 2.22. The van der Waals surface area contributed by atoms with Crippen LogP contribution in [0.25, 0.3) is 0 Å². The number of aromatic hydroxyl groups is 1. The second-order valence-electron chi connectivity index (χ2n) is 6.73. The third kappa shape index (κ3) is 4.48. The van der Waals surface area contributed by atoms with Crippen LogP contribution in [0.4, 0.5) is 0 Å². The molecule has 6 heteroatoms. The molecule has 2 aromatic rings. The highest BCUT2D eigenvalue weighted by molar-refractivity contribution is 7.04. The van der Waals surface area contributed by atoms with Crippen LogP contribution in [0, 0.1) is 0 Å². The lowest BCUT2D eigenvalue weighted by molar-refractivity contribution is 0.0996. The van der Waals surface area contributed by atoms with E-state index in [1.54, 1.807) is 6.07 Å². The highest BCUT2D eigenvalue weighted by atomic mass is 35.5. The molecule has 0 spiro atoms. The monoisotopic (exact) mass is 366 g/mol. The standard InChI is InChI=1S/C18H23ClN2O2S/c1-5-6-7-12-11-21(18(2,3)4)24-17(12)20-16(23)14-10-13(19)8-9-15(14)22/h8-11,22H,5-7H2,1-4H3. The van der Waals surface area contributed by atoms with E-state index in [-0.39, 0.29) is 16.9 Å². The summed E-state index contributed by atoms with van der Waals surface area (Å²) in [5, 5.41) is 10.3. The van der Waals surface area contributed by atoms with E-state index in [0.717, 1.165) is 24.8 Å². The predicted molar refractivity (Wildman–Crippen MR) is 98.9 cm³/mol. The molecule has 0 aliphatic heterocycles. The molecule has 0 atom stereocenters. The minimum absolute atomic E-state index is 0.0688. The first-order chi connectivity index (χ1) is 11.2. The van der Waals surface area contributed by atoms with Crippen molar-refractivity contribution in [3.05, 3.63) is 45.2 Å². The molecule has 1 aromatic heterocycles.